The number of halogens is 3. The van der Waals surface area contributed by atoms with Gasteiger partial charge in [0, 0.05) is 30.3 Å². The maximum absolute atomic E-state index is 13.7. The first-order chi connectivity index (χ1) is 27.9. The number of benzene rings is 4. The van der Waals surface area contributed by atoms with Crippen molar-refractivity contribution in [3.63, 3.8) is 0 Å². The molecule has 1 saturated heterocycles. The summed E-state index contributed by atoms with van der Waals surface area (Å²) in [6.07, 6.45) is -6.26. The molecule has 1 fully saturated rings. The van der Waals surface area contributed by atoms with E-state index in [9.17, 15) is 37.8 Å². The largest absolute Gasteiger partial charge is 0.497 e. The summed E-state index contributed by atoms with van der Waals surface area (Å²) in [6.45, 7) is -0.351. The fourth-order valence-electron chi connectivity index (χ4n) is 7.06. The van der Waals surface area contributed by atoms with Gasteiger partial charge in [-0.25, -0.2) is 4.79 Å². The van der Waals surface area contributed by atoms with E-state index < -0.39 is 53.6 Å². The number of nitrogens with one attached hydrogen (secondary N) is 2. The fraction of sp³-hybridized carbons (Fsp3) is 0.256. The molecule has 15 heteroatoms. The smallest absolute Gasteiger partial charge is 0.471 e. The normalized spacial score (nSPS) is 17.5. The molecule has 6 rings (SSSR count). The number of methoxy groups -OCH3 is 2. The Morgan fingerprint density at radius 3 is 2.00 bits per heavy atom. The minimum atomic E-state index is -5.04. The minimum absolute atomic E-state index is 0.0434. The summed E-state index contributed by atoms with van der Waals surface area (Å²) in [4.78, 5) is 42.2. The number of aliphatic hydroxyl groups excluding tert-OH is 2. The van der Waals surface area contributed by atoms with Crippen molar-refractivity contribution in [3.05, 3.63) is 160 Å². The number of aliphatic hydroxyl groups is 2. The highest BCUT2D eigenvalue weighted by molar-refractivity contribution is 6.04. The second kappa shape index (κ2) is 17.9. The first-order valence-corrected chi connectivity index (χ1v) is 18.2. The lowest BCUT2D eigenvalue weighted by atomic mass is 9.64. The SMILES string of the molecule is COc1ccc(C(c2ccccc2)(c2ccc(OC)cc2)C(O)[C@H]2O[C@@H](n3cc(C=CCCNC(=O)C(F)(F)F)c(NC(=O)c4ccccc4)nc3=O)C[C@@H]2O)cc1. The second-order valence-electron chi connectivity index (χ2n) is 13.4. The van der Waals surface area contributed by atoms with Crippen LogP contribution in [0.2, 0.25) is 0 Å². The maximum Gasteiger partial charge on any atom is 0.471 e. The van der Waals surface area contributed by atoms with Crippen LogP contribution in [0.5, 0.6) is 11.5 Å². The van der Waals surface area contributed by atoms with E-state index in [1.54, 1.807) is 74.1 Å². The third kappa shape index (κ3) is 8.81. The van der Waals surface area contributed by atoms with Gasteiger partial charge in [-0.2, -0.15) is 18.2 Å². The Kier molecular flexibility index (Phi) is 12.7. The molecule has 0 radical (unpaired) electrons. The molecule has 1 unspecified atom stereocenters. The van der Waals surface area contributed by atoms with E-state index in [2.05, 4.69) is 10.3 Å². The van der Waals surface area contributed by atoms with Crippen LogP contribution in [0.3, 0.4) is 0 Å². The lowest BCUT2D eigenvalue weighted by Gasteiger charge is -2.43. The van der Waals surface area contributed by atoms with Gasteiger partial charge in [0.1, 0.15) is 35.8 Å². The van der Waals surface area contributed by atoms with E-state index >= 15 is 0 Å². The van der Waals surface area contributed by atoms with E-state index in [0.29, 0.717) is 28.2 Å². The molecule has 4 N–H and O–H groups in total. The molecule has 0 aliphatic carbocycles. The molecule has 2 amide bonds. The predicted molar refractivity (Wildman–Crippen MR) is 208 cm³/mol. The molecular weight excluding hydrogens is 757 g/mol. The zero-order chi connectivity index (χ0) is 41.5. The first kappa shape index (κ1) is 41.3. The highest BCUT2D eigenvalue weighted by atomic mass is 19.4. The monoisotopic (exact) mass is 798 g/mol. The Morgan fingerprint density at radius 1 is 0.897 bits per heavy atom. The van der Waals surface area contributed by atoms with E-state index in [1.807, 2.05) is 54.6 Å². The molecule has 1 aliphatic heterocycles. The van der Waals surface area contributed by atoms with Crippen molar-refractivity contribution in [1.82, 2.24) is 14.9 Å². The molecule has 0 spiro atoms. The van der Waals surface area contributed by atoms with Crippen LogP contribution in [-0.2, 0) is 14.9 Å². The molecule has 4 aromatic carbocycles. The number of nitrogens with zero attached hydrogens (tertiary/aromatic N) is 2. The number of hydrogen-bond donors (Lipinski definition) is 4. The molecule has 302 valence electrons. The van der Waals surface area contributed by atoms with Crippen molar-refractivity contribution < 1.29 is 47.2 Å². The van der Waals surface area contributed by atoms with Crippen LogP contribution in [0.25, 0.3) is 6.08 Å². The van der Waals surface area contributed by atoms with E-state index in [-0.39, 0.29) is 36.3 Å². The van der Waals surface area contributed by atoms with Crippen molar-refractivity contribution in [2.45, 2.75) is 49.0 Å². The molecule has 4 atom stereocenters. The number of anilines is 1. The van der Waals surface area contributed by atoms with Crippen molar-refractivity contribution in [2.75, 3.05) is 26.1 Å². The Bertz CT molecular complexity index is 2220. The zero-order valence-corrected chi connectivity index (χ0v) is 31.4. The third-order valence-corrected chi connectivity index (χ3v) is 9.92. The van der Waals surface area contributed by atoms with Gasteiger partial charge in [-0.1, -0.05) is 84.9 Å². The number of ether oxygens (including phenoxy) is 3. The Hall–Kier alpha value is -6.29. The number of carbonyl (C=O) groups excluding carboxylic acids is 2. The standard InChI is InChI=1S/C43H41F3N4O8/c1-56-32-20-16-30(17-21-32)42(29-14-7-4-8-15-29,31-18-22-33(57-2)23-19-31)37(52)36-34(51)25-35(58-36)50-26-28(13-9-10-24-47-40(54)43(44,45)46)38(49-41(50)55)48-39(53)27-11-5-3-6-12-27/h3-9,11-23,26,34-37,51-52H,10,24-25H2,1-2H3,(H,47,54)(H,48,49,53,55)/t34-,35+,36-,37?/m0/s1. The van der Waals surface area contributed by atoms with Crippen LogP contribution in [0.15, 0.2) is 126 Å². The average molecular weight is 799 g/mol. The summed E-state index contributed by atoms with van der Waals surface area (Å²) in [5.41, 5.74) is 0.194. The summed E-state index contributed by atoms with van der Waals surface area (Å²) in [5, 5.41) is 28.8. The lowest BCUT2D eigenvalue weighted by molar-refractivity contribution is -0.173. The Balaban J connectivity index is 1.37. The average Bonchev–Trinajstić information content (AvgIpc) is 3.63. The molecule has 0 saturated carbocycles. The summed E-state index contributed by atoms with van der Waals surface area (Å²) < 4.78 is 56.5. The van der Waals surface area contributed by atoms with Gasteiger partial charge in [0.25, 0.3) is 5.91 Å². The molecule has 12 nitrogen and oxygen atoms in total. The number of amides is 2. The van der Waals surface area contributed by atoms with Crippen molar-refractivity contribution >= 4 is 23.7 Å². The van der Waals surface area contributed by atoms with Gasteiger partial charge in [0.05, 0.1) is 25.7 Å². The Morgan fingerprint density at radius 2 is 1.45 bits per heavy atom. The van der Waals surface area contributed by atoms with Crippen molar-refractivity contribution in [3.8, 4) is 11.5 Å². The molecular formula is C43H41F3N4O8. The number of hydrogen-bond acceptors (Lipinski definition) is 9. The summed E-state index contributed by atoms with van der Waals surface area (Å²) in [7, 11) is 3.08. The van der Waals surface area contributed by atoms with Gasteiger partial charge in [0.15, 0.2) is 0 Å². The van der Waals surface area contributed by atoms with Gasteiger partial charge in [0.2, 0.25) is 0 Å². The predicted octanol–water partition coefficient (Wildman–Crippen LogP) is 5.64. The fourth-order valence-corrected chi connectivity index (χ4v) is 7.06. The van der Waals surface area contributed by atoms with Crippen LogP contribution >= 0.6 is 0 Å². The summed E-state index contributed by atoms with van der Waals surface area (Å²) in [6, 6.07) is 31.7. The van der Waals surface area contributed by atoms with Crippen molar-refractivity contribution in [1.29, 1.82) is 0 Å². The van der Waals surface area contributed by atoms with Crippen LogP contribution < -0.4 is 25.8 Å². The van der Waals surface area contributed by atoms with Gasteiger partial charge < -0.3 is 35.1 Å². The topological polar surface area (TPSA) is 161 Å². The third-order valence-electron chi connectivity index (χ3n) is 9.92. The second-order valence-corrected chi connectivity index (χ2v) is 13.4. The highest BCUT2D eigenvalue weighted by Crippen LogP contribution is 2.47. The molecule has 2 heterocycles. The molecule has 1 aromatic heterocycles. The quantitative estimate of drug-likeness (QED) is 0.0824. The number of alkyl halides is 3. The van der Waals surface area contributed by atoms with E-state index in [1.165, 1.54) is 18.3 Å². The summed E-state index contributed by atoms with van der Waals surface area (Å²) in [5.74, 6) is -1.65. The minimum Gasteiger partial charge on any atom is -0.497 e. The molecule has 1 aliphatic rings. The molecule has 58 heavy (non-hydrogen) atoms. The Labute approximate surface area is 331 Å². The maximum atomic E-state index is 13.7. The van der Waals surface area contributed by atoms with E-state index in [0.717, 1.165) is 4.57 Å². The van der Waals surface area contributed by atoms with E-state index in [4.69, 9.17) is 14.2 Å². The van der Waals surface area contributed by atoms with Crippen LogP contribution in [0, 0.1) is 0 Å². The number of aromatic nitrogens is 2. The lowest BCUT2D eigenvalue weighted by Crippen LogP contribution is -2.51. The zero-order valence-electron chi connectivity index (χ0n) is 31.4. The summed E-state index contributed by atoms with van der Waals surface area (Å²) >= 11 is 0. The molecule has 0 bridgehead atoms. The highest BCUT2D eigenvalue weighted by Gasteiger charge is 2.52. The molecule has 5 aromatic rings. The number of rotatable bonds is 14. The van der Waals surface area contributed by atoms with Crippen LogP contribution in [0.1, 0.15) is 51.7 Å². The van der Waals surface area contributed by atoms with Gasteiger partial charge in [-0.3, -0.25) is 14.2 Å². The first-order valence-electron chi connectivity index (χ1n) is 18.2. The van der Waals surface area contributed by atoms with Gasteiger partial charge in [-0.05, 0) is 59.5 Å². The van der Waals surface area contributed by atoms with Crippen molar-refractivity contribution in [2.24, 2.45) is 0 Å². The van der Waals surface area contributed by atoms with Gasteiger partial charge >= 0.3 is 17.8 Å². The number of carbonyl (C=O) groups is 2. The van der Waals surface area contributed by atoms with Gasteiger partial charge in [-0.15, -0.1) is 0 Å². The van der Waals surface area contributed by atoms with Crippen LogP contribution in [0.4, 0.5) is 19.0 Å². The van der Waals surface area contributed by atoms with Crippen LogP contribution in [-0.4, -0.2) is 76.8 Å².